The highest BCUT2D eigenvalue weighted by Gasteiger charge is 2.38. The molecule has 2 N–H and O–H groups in total. The first-order chi connectivity index (χ1) is 27.4. The second kappa shape index (κ2) is 17.6. The van der Waals surface area contributed by atoms with Crippen LogP contribution in [0.15, 0.2) is 48.5 Å². The van der Waals surface area contributed by atoms with Crippen molar-refractivity contribution in [3.05, 3.63) is 82.4 Å². The van der Waals surface area contributed by atoms with Gasteiger partial charge in [-0.15, -0.1) is 13.2 Å². The zero-order chi connectivity index (χ0) is 43.6. The summed E-state index contributed by atoms with van der Waals surface area (Å²) >= 11 is 0. The molecule has 19 heteroatoms. The fourth-order valence-corrected chi connectivity index (χ4v) is 7.38. The molecule has 2 fully saturated rings. The van der Waals surface area contributed by atoms with Crippen LogP contribution in [0.5, 0.6) is 11.5 Å². The molecule has 2 aliphatic rings. The molecule has 0 unspecified atom stereocenters. The molecule has 0 aliphatic carbocycles. The van der Waals surface area contributed by atoms with Crippen LogP contribution in [-0.4, -0.2) is 100.0 Å². The van der Waals surface area contributed by atoms with E-state index < -0.39 is 35.8 Å². The Morgan fingerprint density at radius 3 is 1.44 bits per heavy atom. The Morgan fingerprint density at radius 2 is 1.07 bits per heavy atom. The molecule has 2 aliphatic heterocycles. The van der Waals surface area contributed by atoms with Gasteiger partial charge >= 0.3 is 13.0 Å². The van der Waals surface area contributed by atoms with E-state index in [2.05, 4.69) is 29.9 Å². The molecule has 0 bridgehead atoms. The number of hydrogen-bond donors (Lipinski definition) is 2. The van der Waals surface area contributed by atoms with E-state index in [1.54, 1.807) is 63.4 Å². The zero-order valence-corrected chi connectivity index (χ0v) is 34.2. The van der Waals surface area contributed by atoms with Gasteiger partial charge < -0.3 is 29.5 Å². The van der Waals surface area contributed by atoms with Gasteiger partial charge in [0.25, 0.3) is 11.8 Å². The molecule has 4 aromatic rings. The van der Waals surface area contributed by atoms with Crippen LogP contribution >= 0.6 is 0 Å². The number of amides is 2. The normalized spacial score (nSPS) is 20.3. The minimum absolute atomic E-state index is 0.0660. The highest BCUT2D eigenvalue weighted by molar-refractivity contribution is 5.97. The number of halogens is 5. The largest absolute Gasteiger partial charge is 0.573 e. The average molecular weight is 835 g/mol. The number of nitrogens with zero attached hydrogens (tertiary/aromatic N) is 8. The standard InChI is InChI=1S/C20H25F3N4O3.C20H26F2N4O3/c1-12-9-10-14(27-24-13(2)17(25-27)19(3,4)29)11-26(12)18(28)15-7-5-6-8-16(15)30-20(21,22)23;1-12-9-10-14(26-23-13(2)17(24-26)20(3,4)28)11-25(12)18(27)15-7-5-6-8-16(15)29-19(21)22/h5-8,12,14,29H,9-11H2,1-4H3;5-8,12,14,19,28H,9-11H2,1-4H3/t2*12-,14-/m11/s1. The molecule has 4 atom stereocenters. The van der Waals surface area contributed by atoms with Gasteiger partial charge in [0.15, 0.2) is 0 Å². The summed E-state index contributed by atoms with van der Waals surface area (Å²) in [5, 5.41) is 38.2. The summed E-state index contributed by atoms with van der Waals surface area (Å²) in [5.74, 6) is -1.58. The van der Waals surface area contributed by atoms with Gasteiger partial charge in [-0.1, -0.05) is 24.3 Å². The number of piperidine rings is 2. The van der Waals surface area contributed by atoms with E-state index in [9.17, 15) is 41.8 Å². The molecule has 0 radical (unpaired) electrons. The summed E-state index contributed by atoms with van der Waals surface area (Å²) in [6, 6.07) is 10.7. The summed E-state index contributed by atoms with van der Waals surface area (Å²) in [5.41, 5.74) is -0.176. The fourth-order valence-electron chi connectivity index (χ4n) is 7.38. The lowest BCUT2D eigenvalue weighted by atomic mass is 9.98. The summed E-state index contributed by atoms with van der Waals surface area (Å²) in [4.78, 5) is 32.5. The van der Waals surface area contributed by atoms with Crippen molar-refractivity contribution in [2.45, 2.75) is 129 Å². The number of likely N-dealkylation sites (tertiary alicyclic amines) is 2. The maximum atomic E-state index is 13.1. The van der Waals surface area contributed by atoms with Crippen LogP contribution in [0.3, 0.4) is 0 Å². The minimum Gasteiger partial charge on any atom is -0.434 e. The van der Waals surface area contributed by atoms with Crippen molar-refractivity contribution in [2.24, 2.45) is 0 Å². The summed E-state index contributed by atoms with van der Waals surface area (Å²) in [6.45, 7) is 11.4. The van der Waals surface area contributed by atoms with Gasteiger partial charge in [-0.05, 0) is 105 Å². The van der Waals surface area contributed by atoms with Crippen LogP contribution in [0.25, 0.3) is 0 Å². The molecule has 2 aromatic heterocycles. The van der Waals surface area contributed by atoms with Gasteiger partial charge in [-0.2, -0.15) is 38.8 Å². The second-order valence-corrected chi connectivity index (χ2v) is 16.0. The molecule has 4 heterocycles. The average Bonchev–Trinajstić information content (AvgIpc) is 3.74. The van der Waals surface area contributed by atoms with Crippen LogP contribution in [0.1, 0.15) is 123 Å². The first-order valence-electron chi connectivity index (χ1n) is 19.3. The number of para-hydroxylation sites is 2. The number of benzene rings is 2. The first-order valence-corrected chi connectivity index (χ1v) is 19.3. The Kier molecular flexibility index (Phi) is 13.4. The van der Waals surface area contributed by atoms with Gasteiger partial charge in [0.05, 0.1) is 34.6 Å². The lowest BCUT2D eigenvalue weighted by molar-refractivity contribution is -0.274. The third kappa shape index (κ3) is 10.9. The van der Waals surface area contributed by atoms with Crippen molar-refractivity contribution in [3.63, 3.8) is 0 Å². The number of hydrogen-bond acceptors (Lipinski definition) is 10. The molecule has 59 heavy (non-hydrogen) atoms. The van der Waals surface area contributed by atoms with E-state index in [1.807, 2.05) is 13.8 Å². The molecule has 14 nitrogen and oxygen atoms in total. The van der Waals surface area contributed by atoms with Crippen LogP contribution in [0, 0.1) is 13.8 Å². The highest BCUT2D eigenvalue weighted by atomic mass is 19.4. The SMILES string of the molecule is Cc1nn([C@@H]2CC[C@@H](C)N(C(=O)c3ccccc3OC(F)(F)F)C2)nc1C(C)(C)O.Cc1nn([C@@H]2CC[C@@H](C)N(C(=O)c3ccccc3OC(F)F)C2)nc1C(C)(C)O. The number of carbonyl (C=O) groups excluding carboxylic acids is 2. The Balaban J connectivity index is 0.000000224. The van der Waals surface area contributed by atoms with E-state index >= 15 is 0 Å². The number of aliphatic hydroxyl groups is 2. The molecule has 0 saturated carbocycles. The number of alkyl halides is 5. The topological polar surface area (TPSA) is 161 Å². The Morgan fingerprint density at radius 1 is 0.678 bits per heavy atom. The van der Waals surface area contributed by atoms with E-state index in [0.29, 0.717) is 48.6 Å². The monoisotopic (exact) mass is 834 g/mol. The van der Waals surface area contributed by atoms with Crippen LogP contribution in [-0.2, 0) is 11.2 Å². The molecule has 0 spiro atoms. The van der Waals surface area contributed by atoms with E-state index in [-0.39, 0.29) is 53.5 Å². The molecule has 322 valence electrons. The fraction of sp³-hybridized carbons (Fsp3) is 0.550. The summed E-state index contributed by atoms with van der Waals surface area (Å²) < 4.78 is 72.2. The van der Waals surface area contributed by atoms with Crippen LogP contribution < -0.4 is 9.47 Å². The predicted octanol–water partition coefficient (Wildman–Crippen LogP) is 6.86. The second-order valence-electron chi connectivity index (χ2n) is 16.0. The van der Waals surface area contributed by atoms with Gasteiger partial charge in [0.2, 0.25) is 0 Å². The van der Waals surface area contributed by atoms with Crippen molar-refractivity contribution in [3.8, 4) is 11.5 Å². The van der Waals surface area contributed by atoms with Crippen molar-refractivity contribution >= 4 is 11.8 Å². The Bertz CT molecular complexity index is 2090. The summed E-state index contributed by atoms with van der Waals surface area (Å²) in [7, 11) is 0. The molecule has 6 rings (SSSR count). The van der Waals surface area contributed by atoms with Crippen molar-refractivity contribution in [2.75, 3.05) is 13.1 Å². The molecular weight excluding hydrogens is 783 g/mol. The lowest BCUT2D eigenvalue weighted by Crippen LogP contribution is -2.46. The molecular formula is C40H51F5N8O6. The molecule has 2 amide bonds. The van der Waals surface area contributed by atoms with Crippen LogP contribution in [0.2, 0.25) is 0 Å². The molecule has 2 saturated heterocycles. The molecule has 2 aromatic carbocycles. The van der Waals surface area contributed by atoms with Gasteiger partial charge in [-0.3, -0.25) is 9.59 Å². The minimum atomic E-state index is -4.89. The van der Waals surface area contributed by atoms with Crippen LogP contribution in [0.4, 0.5) is 22.0 Å². The van der Waals surface area contributed by atoms with E-state index in [4.69, 9.17) is 0 Å². The Labute approximate surface area is 338 Å². The van der Waals surface area contributed by atoms with Crippen molar-refractivity contribution < 1.29 is 51.2 Å². The maximum Gasteiger partial charge on any atom is 0.573 e. The number of aryl methyl sites for hydroxylation is 2. The number of aromatic nitrogens is 6. The smallest absolute Gasteiger partial charge is 0.434 e. The zero-order valence-electron chi connectivity index (χ0n) is 34.2. The quantitative estimate of drug-likeness (QED) is 0.171. The highest BCUT2D eigenvalue weighted by Crippen LogP contribution is 2.33. The third-order valence-electron chi connectivity index (χ3n) is 10.3. The third-order valence-corrected chi connectivity index (χ3v) is 10.3. The number of ether oxygens (including phenoxy) is 2. The maximum absolute atomic E-state index is 13.1. The van der Waals surface area contributed by atoms with E-state index in [1.165, 1.54) is 40.0 Å². The first kappa shape index (κ1) is 44.9. The Hall–Kier alpha value is -5.17. The van der Waals surface area contributed by atoms with Gasteiger partial charge in [0, 0.05) is 25.2 Å². The summed E-state index contributed by atoms with van der Waals surface area (Å²) in [6.07, 6.45) is -2.08. The van der Waals surface area contributed by atoms with Crippen molar-refractivity contribution in [1.82, 2.24) is 39.8 Å². The van der Waals surface area contributed by atoms with Crippen molar-refractivity contribution in [1.29, 1.82) is 0 Å². The van der Waals surface area contributed by atoms with E-state index in [0.717, 1.165) is 12.5 Å². The number of carbonyl (C=O) groups is 2. The van der Waals surface area contributed by atoms with Gasteiger partial charge in [-0.25, -0.2) is 0 Å². The van der Waals surface area contributed by atoms with Gasteiger partial charge in [0.1, 0.15) is 34.1 Å². The predicted molar refractivity (Wildman–Crippen MR) is 204 cm³/mol. The number of rotatable bonds is 9. The lowest BCUT2D eigenvalue weighted by Gasteiger charge is -2.37.